The summed E-state index contributed by atoms with van der Waals surface area (Å²) >= 11 is 0. The summed E-state index contributed by atoms with van der Waals surface area (Å²) in [4.78, 5) is 0. The van der Waals surface area contributed by atoms with E-state index in [0.717, 1.165) is 31.6 Å². The third-order valence-electron chi connectivity index (χ3n) is 3.08. The topological polar surface area (TPSA) is 34.4 Å². The Hall–Kier alpha value is -0.800. The lowest BCUT2D eigenvalue weighted by Gasteiger charge is -2.29. The van der Waals surface area contributed by atoms with Crippen LogP contribution in [-0.2, 0) is 11.2 Å². The van der Waals surface area contributed by atoms with E-state index in [2.05, 4.69) is 18.3 Å². The normalized spacial score (nSPS) is 22.4. The molecular weight excluding hydrogens is 190 g/mol. The number of ether oxygens (including phenoxy) is 1. The van der Waals surface area contributed by atoms with Gasteiger partial charge in [0.15, 0.2) is 0 Å². The van der Waals surface area contributed by atoms with E-state index in [9.17, 15) is 0 Å². The van der Waals surface area contributed by atoms with Gasteiger partial charge in [0, 0.05) is 25.6 Å². The summed E-state index contributed by atoms with van der Waals surface area (Å²) in [5.74, 6) is 1.12. The Kier molecular flexibility index (Phi) is 3.44. The Balaban J connectivity index is 2.16. The van der Waals surface area contributed by atoms with Crippen molar-refractivity contribution in [1.82, 2.24) is 5.32 Å². The third kappa shape index (κ3) is 2.08. The quantitative estimate of drug-likeness (QED) is 0.826. The van der Waals surface area contributed by atoms with E-state index in [1.54, 1.807) is 13.4 Å². The Labute approximate surface area is 90.8 Å². The molecule has 1 aliphatic heterocycles. The van der Waals surface area contributed by atoms with Crippen molar-refractivity contribution in [1.29, 1.82) is 0 Å². The van der Waals surface area contributed by atoms with Gasteiger partial charge in [0.25, 0.3) is 0 Å². The van der Waals surface area contributed by atoms with Gasteiger partial charge in [0.2, 0.25) is 0 Å². The maximum Gasteiger partial charge on any atom is 0.109 e. The molecule has 0 bridgehead atoms. The number of hydrogen-bond donors (Lipinski definition) is 1. The van der Waals surface area contributed by atoms with Crippen LogP contribution in [0.1, 0.15) is 37.1 Å². The summed E-state index contributed by atoms with van der Waals surface area (Å²) in [6.45, 7) is 3.17. The largest absolute Gasteiger partial charge is 0.469 e. The molecule has 0 aromatic carbocycles. The van der Waals surface area contributed by atoms with Gasteiger partial charge in [0.1, 0.15) is 5.76 Å². The molecule has 0 radical (unpaired) electrons. The van der Waals surface area contributed by atoms with Crippen molar-refractivity contribution in [2.24, 2.45) is 0 Å². The van der Waals surface area contributed by atoms with Crippen LogP contribution in [0.3, 0.4) is 0 Å². The van der Waals surface area contributed by atoms with Crippen LogP contribution in [0.15, 0.2) is 16.7 Å². The summed E-state index contributed by atoms with van der Waals surface area (Å²) in [5, 5.41) is 3.51. The van der Waals surface area contributed by atoms with Gasteiger partial charge < -0.3 is 14.5 Å². The van der Waals surface area contributed by atoms with E-state index in [4.69, 9.17) is 9.15 Å². The van der Waals surface area contributed by atoms with Crippen molar-refractivity contribution < 1.29 is 9.15 Å². The molecule has 0 saturated carbocycles. The van der Waals surface area contributed by atoms with Crippen LogP contribution in [-0.4, -0.2) is 19.8 Å². The second-order valence-corrected chi connectivity index (χ2v) is 4.04. The second kappa shape index (κ2) is 4.81. The van der Waals surface area contributed by atoms with Crippen molar-refractivity contribution in [2.75, 3.05) is 13.7 Å². The standard InChI is InChI=1S/C12H19NO2/c1-3-4-11(14-2)12-9-6-8-15-10(9)5-7-13-12/h6,8,11-13H,3-5,7H2,1-2H3. The first kappa shape index (κ1) is 10.7. The van der Waals surface area contributed by atoms with E-state index in [1.807, 2.05) is 0 Å². The lowest BCUT2D eigenvalue weighted by Crippen LogP contribution is -2.37. The van der Waals surface area contributed by atoms with Crippen molar-refractivity contribution in [3.8, 4) is 0 Å². The first-order valence-electron chi connectivity index (χ1n) is 5.69. The molecule has 15 heavy (non-hydrogen) atoms. The Morgan fingerprint density at radius 3 is 3.27 bits per heavy atom. The molecule has 84 valence electrons. The summed E-state index contributed by atoms with van der Waals surface area (Å²) in [6.07, 6.45) is 5.25. The fraction of sp³-hybridized carbons (Fsp3) is 0.667. The van der Waals surface area contributed by atoms with Crippen molar-refractivity contribution in [3.05, 3.63) is 23.7 Å². The lowest BCUT2D eigenvalue weighted by atomic mass is 9.94. The molecule has 0 aliphatic carbocycles. The van der Waals surface area contributed by atoms with E-state index in [1.165, 1.54) is 5.56 Å². The van der Waals surface area contributed by atoms with E-state index < -0.39 is 0 Å². The maximum absolute atomic E-state index is 5.55. The molecule has 3 nitrogen and oxygen atoms in total. The molecule has 1 aromatic heterocycles. The minimum Gasteiger partial charge on any atom is -0.469 e. The van der Waals surface area contributed by atoms with Crippen LogP contribution in [0.4, 0.5) is 0 Å². The van der Waals surface area contributed by atoms with Crippen molar-refractivity contribution >= 4 is 0 Å². The van der Waals surface area contributed by atoms with Crippen LogP contribution in [0.5, 0.6) is 0 Å². The van der Waals surface area contributed by atoms with Gasteiger partial charge in [-0.25, -0.2) is 0 Å². The molecule has 2 unspecified atom stereocenters. The van der Waals surface area contributed by atoms with Crippen LogP contribution < -0.4 is 5.32 Å². The second-order valence-electron chi connectivity index (χ2n) is 4.04. The predicted octanol–water partition coefficient (Wildman–Crippen LogP) is 2.28. The average molecular weight is 209 g/mol. The first-order chi connectivity index (χ1) is 7.36. The molecule has 0 fully saturated rings. The third-order valence-corrected chi connectivity index (χ3v) is 3.08. The highest BCUT2D eigenvalue weighted by molar-refractivity contribution is 5.25. The van der Waals surface area contributed by atoms with Gasteiger partial charge in [-0.15, -0.1) is 0 Å². The number of hydrogen-bond acceptors (Lipinski definition) is 3. The molecule has 3 heteroatoms. The van der Waals surface area contributed by atoms with Gasteiger partial charge in [-0.2, -0.15) is 0 Å². The van der Waals surface area contributed by atoms with E-state index in [-0.39, 0.29) is 6.10 Å². The highest BCUT2D eigenvalue weighted by Crippen LogP contribution is 2.29. The number of methoxy groups -OCH3 is 1. The minimum absolute atomic E-state index is 0.256. The highest BCUT2D eigenvalue weighted by atomic mass is 16.5. The molecule has 0 spiro atoms. The van der Waals surface area contributed by atoms with Crippen LogP contribution >= 0.6 is 0 Å². The van der Waals surface area contributed by atoms with E-state index >= 15 is 0 Å². The van der Waals surface area contributed by atoms with Gasteiger partial charge >= 0.3 is 0 Å². The van der Waals surface area contributed by atoms with Gasteiger partial charge in [-0.05, 0) is 12.5 Å². The Morgan fingerprint density at radius 2 is 2.53 bits per heavy atom. The fourth-order valence-electron chi connectivity index (χ4n) is 2.32. The van der Waals surface area contributed by atoms with Gasteiger partial charge in [0.05, 0.1) is 18.4 Å². The monoisotopic (exact) mass is 209 g/mol. The summed E-state index contributed by atoms with van der Waals surface area (Å²) in [6, 6.07) is 2.37. The number of fused-ring (bicyclic) bond motifs is 1. The summed E-state index contributed by atoms with van der Waals surface area (Å²) in [7, 11) is 1.79. The van der Waals surface area contributed by atoms with Crippen LogP contribution in [0.25, 0.3) is 0 Å². The first-order valence-corrected chi connectivity index (χ1v) is 5.69. The van der Waals surface area contributed by atoms with Crippen molar-refractivity contribution in [2.45, 2.75) is 38.3 Å². The zero-order valence-electron chi connectivity index (χ0n) is 9.45. The van der Waals surface area contributed by atoms with Crippen molar-refractivity contribution in [3.63, 3.8) is 0 Å². The fourth-order valence-corrected chi connectivity index (χ4v) is 2.32. The van der Waals surface area contributed by atoms with Gasteiger partial charge in [-0.1, -0.05) is 13.3 Å². The summed E-state index contributed by atoms with van der Waals surface area (Å²) in [5.41, 5.74) is 1.28. The smallest absolute Gasteiger partial charge is 0.109 e. The average Bonchev–Trinajstić information content (AvgIpc) is 2.73. The Morgan fingerprint density at radius 1 is 1.67 bits per heavy atom. The maximum atomic E-state index is 5.55. The lowest BCUT2D eigenvalue weighted by molar-refractivity contribution is 0.0577. The molecule has 1 aromatic rings. The number of rotatable bonds is 4. The molecule has 1 N–H and O–H groups in total. The molecule has 0 saturated heterocycles. The molecule has 0 amide bonds. The highest BCUT2D eigenvalue weighted by Gasteiger charge is 2.28. The van der Waals surface area contributed by atoms with Crippen LogP contribution in [0, 0.1) is 0 Å². The summed E-state index contributed by atoms with van der Waals surface area (Å²) < 4.78 is 11.0. The molecule has 2 heterocycles. The zero-order valence-corrected chi connectivity index (χ0v) is 9.45. The number of furan rings is 1. The molecule has 1 aliphatic rings. The van der Waals surface area contributed by atoms with Gasteiger partial charge in [-0.3, -0.25) is 0 Å². The minimum atomic E-state index is 0.256. The predicted molar refractivity (Wildman–Crippen MR) is 58.9 cm³/mol. The Bertz CT molecular complexity index is 308. The molecule has 2 atom stereocenters. The molecular formula is C12H19NO2. The van der Waals surface area contributed by atoms with E-state index in [0.29, 0.717) is 6.04 Å². The molecule has 2 rings (SSSR count). The van der Waals surface area contributed by atoms with Crippen LogP contribution in [0.2, 0.25) is 0 Å². The number of nitrogens with one attached hydrogen (secondary N) is 1. The zero-order chi connectivity index (χ0) is 10.7. The SMILES string of the molecule is CCCC(OC)C1NCCc2occc21.